The van der Waals surface area contributed by atoms with E-state index < -0.39 is 0 Å². The number of hydrogen-bond acceptors (Lipinski definition) is 4. The van der Waals surface area contributed by atoms with E-state index in [1.165, 1.54) is 25.7 Å². The minimum atomic E-state index is -0.111. The Kier molecular flexibility index (Phi) is 5.36. The molecule has 1 fully saturated rings. The van der Waals surface area contributed by atoms with Crippen molar-refractivity contribution in [2.24, 2.45) is 0 Å². The normalized spacial score (nSPS) is 16.9. The van der Waals surface area contributed by atoms with E-state index in [1.807, 2.05) is 41.3 Å². The summed E-state index contributed by atoms with van der Waals surface area (Å²) in [6.07, 6.45) is 6.95. The summed E-state index contributed by atoms with van der Waals surface area (Å²) in [5.41, 5.74) is 2.20. The lowest BCUT2D eigenvalue weighted by Crippen LogP contribution is -2.25. The highest BCUT2D eigenvalue weighted by atomic mass is 16.1. The van der Waals surface area contributed by atoms with E-state index in [4.69, 9.17) is 0 Å². The molecule has 2 aliphatic rings. The van der Waals surface area contributed by atoms with Gasteiger partial charge in [0, 0.05) is 6.20 Å². The molecule has 1 aromatic heterocycles. The summed E-state index contributed by atoms with van der Waals surface area (Å²) in [5.74, 6) is 7.25. The third kappa shape index (κ3) is 3.96. The summed E-state index contributed by atoms with van der Waals surface area (Å²) in [6.45, 7) is 3.60. The lowest BCUT2D eigenvalue weighted by molar-refractivity contribution is 0.102. The van der Waals surface area contributed by atoms with Crippen molar-refractivity contribution in [3.05, 3.63) is 48.2 Å². The number of pyridine rings is 1. The summed E-state index contributed by atoms with van der Waals surface area (Å²) in [4.78, 5) is 21.5. The second-order valence-corrected chi connectivity index (χ2v) is 6.98. The lowest BCUT2D eigenvalue weighted by atomic mass is 10.1. The van der Waals surface area contributed by atoms with E-state index in [-0.39, 0.29) is 5.91 Å². The third-order valence-corrected chi connectivity index (χ3v) is 5.09. The second-order valence-electron chi connectivity index (χ2n) is 6.98. The Bertz CT molecular complexity index is 875. The minimum absolute atomic E-state index is 0.111. The van der Waals surface area contributed by atoms with Gasteiger partial charge < -0.3 is 10.2 Å². The van der Waals surface area contributed by atoms with Gasteiger partial charge in [-0.2, -0.15) is 0 Å². The van der Waals surface area contributed by atoms with E-state index in [1.54, 1.807) is 6.20 Å². The number of nitrogens with one attached hydrogen (secondary N) is 1. The fourth-order valence-corrected chi connectivity index (χ4v) is 3.67. The number of rotatable bonds is 2. The Morgan fingerprint density at radius 1 is 0.963 bits per heavy atom. The molecule has 0 unspecified atom stereocenters. The Labute approximate surface area is 160 Å². The van der Waals surface area contributed by atoms with Crippen LogP contribution < -0.4 is 10.2 Å². The second kappa shape index (κ2) is 8.24. The smallest absolute Gasteiger partial charge is 0.257 e. The van der Waals surface area contributed by atoms with Gasteiger partial charge in [0.1, 0.15) is 0 Å². The molecular formula is C22H24N4O. The van der Waals surface area contributed by atoms with Gasteiger partial charge >= 0.3 is 0 Å². The van der Waals surface area contributed by atoms with Crippen molar-refractivity contribution < 1.29 is 4.79 Å². The van der Waals surface area contributed by atoms with E-state index in [0.29, 0.717) is 17.8 Å². The van der Waals surface area contributed by atoms with Crippen LogP contribution in [-0.2, 0) is 0 Å². The van der Waals surface area contributed by atoms with Crippen LogP contribution >= 0.6 is 0 Å². The van der Waals surface area contributed by atoms with Crippen LogP contribution in [-0.4, -0.2) is 42.0 Å². The number of nitrogens with zero attached hydrogens (tertiary/aromatic N) is 3. The molecule has 3 heterocycles. The maximum Gasteiger partial charge on any atom is 0.257 e. The molecule has 5 nitrogen and oxygen atoms in total. The van der Waals surface area contributed by atoms with Crippen LogP contribution in [0.2, 0.25) is 0 Å². The van der Waals surface area contributed by atoms with Crippen molar-refractivity contribution in [2.45, 2.75) is 25.7 Å². The number of likely N-dealkylation sites (tertiary alicyclic amines) is 1. The number of para-hydroxylation sites is 1. The Balaban J connectivity index is 1.57. The number of carbonyl (C=O) groups is 1. The van der Waals surface area contributed by atoms with Gasteiger partial charge in [-0.1, -0.05) is 36.8 Å². The van der Waals surface area contributed by atoms with Crippen LogP contribution in [0.15, 0.2) is 42.6 Å². The molecule has 0 aliphatic carbocycles. The zero-order valence-electron chi connectivity index (χ0n) is 15.4. The third-order valence-electron chi connectivity index (χ3n) is 5.09. The zero-order valence-corrected chi connectivity index (χ0v) is 15.4. The molecule has 1 amide bonds. The summed E-state index contributed by atoms with van der Waals surface area (Å²) >= 11 is 0. The first-order valence-electron chi connectivity index (χ1n) is 9.64. The number of fused-ring (bicyclic) bond motifs is 2. The van der Waals surface area contributed by atoms with Gasteiger partial charge in [0.15, 0.2) is 5.82 Å². The van der Waals surface area contributed by atoms with E-state index >= 15 is 0 Å². The summed E-state index contributed by atoms with van der Waals surface area (Å²) in [5, 5.41) is 2.96. The summed E-state index contributed by atoms with van der Waals surface area (Å²) < 4.78 is 0. The maximum absolute atomic E-state index is 12.6. The molecule has 0 saturated carbocycles. The highest BCUT2D eigenvalue weighted by Crippen LogP contribution is 2.35. The monoisotopic (exact) mass is 360 g/mol. The van der Waals surface area contributed by atoms with Crippen molar-refractivity contribution in [3.8, 4) is 11.8 Å². The molecule has 1 N–H and O–H groups in total. The van der Waals surface area contributed by atoms with Gasteiger partial charge in [-0.05, 0) is 50.2 Å². The van der Waals surface area contributed by atoms with E-state index in [0.717, 1.165) is 31.1 Å². The largest absolute Gasteiger partial charge is 0.319 e. The van der Waals surface area contributed by atoms with Crippen molar-refractivity contribution in [1.82, 2.24) is 9.88 Å². The average molecular weight is 360 g/mol. The molecule has 1 aromatic carbocycles. The van der Waals surface area contributed by atoms with Crippen molar-refractivity contribution in [3.63, 3.8) is 0 Å². The van der Waals surface area contributed by atoms with Crippen LogP contribution in [0.5, 0.6) is 0 Å². The van der Waals surface area contributed by atoms with Gasteiger partial charge in [0.2, 0.25) is 0 Å². The molecule has 0 atom stereocenters. The highest BCUT2D eigenvalue weighted by Gasteiger charge is 2.25. The fourth-order valence-electron chi connectivity index (χ4n) is 3.67. The number of hydrogen-bond donors (Lipinski definition) is 1. The first-order chi connectivity index (χ1) is 13.3. The Hall–Kier alpha value is -2.84. The minimum Gasteiger partial charge on any atom is -0.319 e. The van der Waals surface area contributed by atoms with Crippen LogP contribution in [0.4, 0.5) is 17.2 Å². The van der Waals surface area contributed by atoms with Crippen molar-refractivity contribution in [2.75, 3.05) is 36.4 Å². The Morgan fingerprint density at radius 3 is 2.59 bits per heavy atom. The van der Waals surface area contributed by atoms with E-state index in [9.17, 15) is 4.79 Å². The quantitative estimate of drug-likeness (QED) is 0.831. The molecule has 5 heteroatoms. The topological polar surface area (TPSA) is 48.5 Å². The molecule has 138 valence electrons. The summed E-state index contributed by atoms with van der Waals surface area (Å²) in [6, 6.07) is 11.3. The first kappa shape index (κ1) is 17.6. The standard InChI is InChI=1S/C22H24N4O/c27-22-18-10-3-4-12-20(18)26(21-19(24-22)11-9-13-23-21)17-8-7-16-25-14-5-1-2-6-15-25/h3-4,9-13H,1-2,5-6,14-17H2,(H,24,27). The number of carbonyl (C=O) groups excluding carboxylic acids is 1. The van der Waals surface area contributed by atoms with Crippen LogP contribution in [0.1, 0.15) is 36.0 Å². The molecule has 2 aromatic rings. The van der Waals surface area contributed by atoms with Crippen molar-refractivity contribution >= 4 is 23.1 Å². The SMILES string of the molecule is O=C1Nc2cccnc2N(CC#CCN2CCCCCC2)c2ccccc21. The highest BCUT2D eigenvalue weighted by molar-refractivity contribution is 6.12. The van der Waals surface area contributed by atoms with Crippen molar-refractivity contribution in [1.29, 1.82) is 0 Å². The lowest BCUT2D eigenvalue weighted by Gasteiger charge is -2.22. The number of aromatic nitrogens is 1. The molecule has 27 heavy (non-hydrogen) atoms. The van der Waals surface area contributed by atoms with Crippen LogP contribution in [0, 0.1) is 11.8 Å². The number of benzene rings is 1. The van der Waals surface area contributed by atoms with Crippen LogP contribution in [0.25, 0.3) is 0 Å². The number of anilines is 3. The molecular weight excluding hydrogens is 336 g/mol. The van der Waals surface area contributed by atoms with Crippen LogP contribution in [0.3, 0.4) is 0 Å². The maximum atomic E-state index is 12.6. The van der Waals surface area contributed by atoms with E-state index in [2.05, 4.69) is 27.0 Å². The van der Waals surface area contributed by atoms with Gasteiger partial charge in [-0.25, -0.2) is 4.98 Å². The molecule has 4 rings (SSSR count). The predicted octanol–water partition coefficient (Wildman–Crippen LogP) is 3.66. The predicted molar refractivity (Wildman–Crippen MR) is 108 cm³/mol. The fraction of sp³-hybridized carbons (Fsp3) is 0.364. The molecule has 1 saturated heterocycles. The van der Waals surface area contributed by atoms with Gasteiger partial charge in [0.25, 0.3) is 5.91 Å². The number of amides is 1. The van der Waals surface area contributed by atoms with Gasteiger partial charge in [-0.3, -0.25) is 9.69 Å². The Morgan fingerprint density at radius 2 is 1.74 bits per heavy atom. The first-order valence-corrected chi connectivity index (χ1v) is 9.64. The molecule has 0 spiro atoms. The average Bonchev–Trinajstić information content (AvgIpc) is 3.03. The van der Waals surface area contributed by atoms with Gasteiger partial charge in [0.05, 0.1) is 30.0 Å². The molecule has 0 bridgehead atoms. The molecule has 2 aliphatic heterocycles. The van der Waals surface area contributed by atoms with Gasteiger partial charge in [-0.15, -0.1) is 0 Å². The molecule has 0 radical (unpaired) electrons. The summed E-state index contributed by atoms with van der Waals surface area (Å²) in [7, 11) is 0. The zero-order chi connectivity index (χ0) is 18.5.